The van der Waals surface area contributed by atoms with Crippen LogP contribution in [0, 0.1) is 6.92 Å². The molecular weight excluding hydrogens is 364 g/mol. The highest BCUT2D eigenvalue weighted by Crippen LogP contribution is 2.47. The third kappa shape index (κ3) is 2.03. The Hall–Kier alpha value is -2.74. The lowest BCUT2D eigenvalue weighted by Crippen LogP contribution is -2.48. The number of aryl methyl sites for hydroxylation is 1. The number of hydrogen-bond acceptors (Lipinski definition) is 6. The van der Waals surface area contributed by atoms with E-state index in [1.807, 2.05) is 13.0 Å². The highest BCUT2D eigenvalue weighted by atomic mass is 16.5. The van der Waals surface area contributed by atoms with Crippen molar-refractivity contribution < 1.29 is 28.2 Å². The zero-order valence-electron chi connectivity index (χ0n) is 16.1. The van der Waals surface area contributed by atoms with Crippen LogP contribution in [0.4, 0.5) is 0 Å². The molecule has 0 saturated carbocycles. The van der Waals surface area contributed by atoms with Gasteiger partial charge in [0.15, 0.2) is 22.8 Å². The summed E-state index contributed by atoms with van der Waals surface area (Å²) in [4.78, 5) is 29.3. The minimum Gasteiger partial charge on any atom is -0.493 e. The lowest BCUT2D eigenvalue weighted by Gasteiger charge is -2.31. The van der Waals surface area contributed by atoms with Crippen LogP contribution in [0.25, 0.3) is 11.0 Å². The maximum absolute atomic E-state index is 13.4. The van der Waals surface area contributed by atoms with Crippen LogP contribution in [0.3, 0.4) is 0 Å². The van der Waals surface area contributed by atoms with Crippen molar-refractivity contribution in [3.63, 3.8) is 0 Å². The van der Waals surface area contributed by atoms with Gasteiger partial charge in [0.1, 0.15) is 0 Å². The summed E-state index contributed by atoms with van der Waals surface area (Å²) >= 11 is 0. The van der Waals surface area contributed by atoms with Gasteiger partial charge in [0.2, 0.25) is 11.7 Å². The lowest BCUT2D eigenvalue weighted by molar-refractivity contribution is -0.136. The van der Waals surface area contributed by atoms with Crippen LogP contribution < -0.4 is 9.47 Å². The Labute approximate surface area is 161 Å². The van der Waals surface area contributed by atoms with E-state index in [4.69, 9.17) is 18.6 Å². The second-order valence-electron chi connectivity index (χ2n) is 7.44. The summed E-state index contributed by atoms with van der Waals surface area (Å²) in [5, 5.41) is 0.802. The summed E-state index contributed by atoms with van der Waals surface area (Å²) in [7, 11) is 3.09. The Morgan fingerprint density at radius 2 is 2.07 bits per heavy atom. The number of methoxy groups -OCH3 is 2. The molecule has 0 N–H and O–H groups in total. The van der Waals surface area contributed by atoms with Gasteiger partial charge in [0.05, 0.1) is 33.3 Å². The van der Waals surface area contributed by atoms with E-state index in [-0.39, 0.29) is 23.6 Å². The van der Waals surface area contributed by atoms with Crippen molar-refractivity contribution in [3.05, 3.63) is 23.5 Å². The summed E-state index contributed by atoms with van der Waals surface area (Å²) in [5.74, 6) is 1.10. The van der Waals surface area contributed by atoms with E-state index in [9.17, 15) is 9.59 Å². The molecule has 2 atom stereocenters. The molecule has 8 heteroatoms. The predicted octanol–water partition coefficient (Wildman–Crippen LogP) is 1.93. The normalized spacial score (nSPS) is 26.1. The maximum Gasteiger partial charge on any atom is 0.290 e. The van der Waals surface area contributed by atoms with Crippen LogP contribution in [0.2, 0.25) is 0 Å². The molecule has 3 aliphatic heterocycles. The Morgan fingerprint density at radius 3 is 2.82 bits per heavy atom. The molecule has 1 aromatic heterocycles. The number of fused-ring (bicyclic) bond motifs is 1. The Morgan fingerprint density at radius 1 is 1.25 bits per heavy atom. The van der Waals surface area contributed by atoms with Gasteiger partial charge in [-0.2, -0.15) is 0 Å². The zero-order valence-corrected chi connectivity index (χ0v) is 16.1. The number of carbonyl (C=O) groups is 2. The monoisotopic (exact) mass is 386 g/mol. The zero-order chi connectivity index (χ0) is 19.6. The summed E-state index contributed by atoms with van der Waals surface area (Å²) in [6.07, 6.45) is 0.924. The van der Waals surface area contributed by atoms with Crippen LogP contribution in [0.5, 0.6) is 11.5 Å². The fourth-order valence-electron chi connectivity index (χ4n) is 4.97. The molecule has 0 unspecified atom stereocenters. The topological polar surface area (TPSA) is 81.5 Å². The van der Waals surface area contributed by atoms with Crippen molar-refractivity contribution in [1.82, 2.24) is 9.80 Å². The number of likely N-dealkylation sites (tertiary alicyclic amines) is 1. The van der Waals surface area contributed by atoms with E-state index in [2.05, 4.69) is 0 Å². The predicted molar refractivity (Wildman–Crippen MR) is 98.5 cm³/mol. The summed E-state index contributed by atoms with van der Waals surface area (Å²) in [6, 6.07) is 3.38. The van der Waals surface area contributed by atoms with Crippen molar-refractivity contribution in [2.75, 3.05) is 33.9 Å². The molecule has 0 radical (unpaired) electrons. The quantitative estimate of drug-likeness (QED) is 0.802. The lowest BCUT2D eigenvalue weighted by atomic mass is 10.1. The molecule has 8 nitrogen and oxygen atoms in total. The first-order valence-corrected chi connectivity index (χ1v) is 9.41. The van der Waals surface area contributed by atoms with Crippen molar-refractivity contribution in [2.24, 2.45) is 0 Å². The highest BCUT2D eigenvalue weighted by Gasteiger charge is 2.63. The molecule has 1 aromatic carbocycles. The van der Waals surface area contributed by atoms with E-state index >= 15 is 0 Å². The number of rotatable bonds is 3. The number of ether oxygens (including phenoxy) is 3. The number of nitrogens with zero attached hydrogens (tertiary/aromatic N) is 2. The van der Waals surface area contributed by atoms with Gasteiger partial charge in [-0.3, -0.25) is 9.59 Å². The van der Waals surface area contributed by atoms with Gasteiger partial charge in [0.25, 0.3) is 5.91 Å². The fraction of sp³-hybridized carbons (Fsp3) is 0.500. The molecule has 148 valence electrons. The van der Waals surface area contributed by atoms with E-state index < -0.39 is 5.72 Å². The van der Waals surface area contributed by atoms with Crippen LogP contribution in [-0.2, 0) is 9.53 Å². The van der Waals surface area contributed by atoms with Gasteiger partial charge in [-0.25, -0.2) is 0 Å². The first kappa shape index (κ1) is 17.4. The first-order chi connectivity index (χ1) is 13.5. The number of amides is 2. The molecule has 3 saturated heterocycles. The summed E-state index contributed by atoms with van der Waals surface area (Å²) in [6.45, 7) is 3.50. The average Bonchev–Trinajstić information content (AvgIpc) is 3.42. The van der Waals surface area contributed by atoms with Crippen LogP contribution in [0.15, 0.2) is 16.5 Å². The molecule has 3 fully saturated rings. The minimum absolute atomic E-state index is 0.0488. The Balaban J connectivity index is 1.55. The van der Waals surface area contributed by atoms with Gasteiger partial charge in [0, 0.05) is 30.5 Å². The van der Waals surface area contributed by atoms with Gasteiger partial charge in [-0.1, -0.05) is 0 Å². The molecule has 0 aliphatic carbocycles. The standard InChI is InChI=1S/C20H22N2O6/c1-11-12-4-5-13(25-2)18(26-3)17(12)28-16(11)19(24)21-7-6-20-14(21)10-15(23)22(20)8-9-27-20/h4-5,14H,6-10H2,1-3H3/t14-,20+/m1/s1. The second-order valence-corrected chi connectivity index (χ2v) is 7.44. The van der Waals surface area contributed by atoms with Crippen molar-refractivity contribution >= 4 is 22.8 Å². The van der Waals surface area contributed by atoms with Crippen LogP contribution in [-0.4, -0.2) is 67.3 Å². The molecule has 5 rings (SSSR count). The van der Waals surface area contributed by atoms with Gasteiger partial charge in [-0.15, -0.1) is 0 Å². The van der Waals surface area contributed by atoms with Crippen molar-refractivity contribution in [1.29, 1.82) is 0 Å². The molecule has 4 heterocycles. The average molecular weight is 386 g/mol. The van der Waals surface area contributed by atoms with Crippen molar-refractivity contribution in [2.45, 2.75) is 31.5 Å². The number of carbonyl (C=O) groups excluding carboxylic acids is 2. The Bertz CT molecular complexity index is 998. The largest absolute Gasteiger partial charge is 0.493 e. The van der Waals surface area contributed by atoms with Crippen molar-refractivity contribution in [3.8, 4) is 11.5 Å². The molecule has 2 aromatic rings. The van der Waals surface area contributed by atoms with Gasteiger partial charge >= 0.3 is 0 Å². The molecule has 1 spiro atoms. The molecule has 0 bridgehead atoms. The van der Waals surface area contributed by atoms with Gasteiger partial charge < -0.3 is 28.4 Å². The van der Waals surface area contributed by atoms with E-state index in [0.717, 1.165) is 10.9 Å². The smallest absolute Gasteiger partial charge is 0.290 e. The fourth-order valence-corrected chi connectivity index (χ4v) is 4.97. The molecule has 2 amide bonds. The van der Waals surface area contributed by atoms with E-state index in [0.29, 0.717) is 49.6 Å². The maximum atomic E-state index is 13.4. The van der Waals surface area contributed by atoms with E-state index in [1.54, 1.807) is 23.0 Å². The third-order valence-corrected chi connectivity index (χ3v) is 6.30. The second kappa shape index (κ2) is 5.88. The molecule has 28 heavy (non-hydrogen) atoms. The summed E-state index contributed by atoms with van der Waals surface area (Å²) in [5.41, 5.74) is 0.571. The number of hydrogen-bond donors (Lipinski definition) is 0. The third-order valence-electron chi connectivity index (χ3n) is 6.30. The first-order valence-electron chi connectivity index (χ1n) is 9.41. The number of benzene rings is 1. The molecule has 3 aliphatic rings. The van der Waals surface area contributed by atoms with Crippen LogP contribution >= 0.6 is 0 Å². The minimum atomic E-state index is -0.659. The van der Waals surface area contributed by atoms with Gasteiger partial charge in [-0.05, 0) is 19.1 Å². The number of furan rings is 1. The molecular formula is C20H22N2O6. The van der Waals surface area contributed by atoms with Crippen LogP contribution in [0.1, 0.15) is 29.0 Å². The SMILES string of the molecule is COc1ccc2c(C)c(C(=O)N3CC[C@@]45OCCN4C(=O)C[C@@H]35)oc2c1OC. The summed E-state index contributed by atoms with van der Waals surface area (Å²) < 4.78 is 22.7. The highest BCUT2D eigenvalue weighted by molar-refractivity contribution is 6.01. The van der Waals surface area contributed by atoms with E-state index in [1.165, 1.54) is 7.11 Å². The Kier molecular flexibility index (Phi) is 3.64.